The van der Waals surface area contributed by atoms with E-state index in [1.807, 2.05) is 64.4 Å². The summed E-state index contributed by atoms with van der Waals surface area (Å²) in [6.07, 6.45) is 2.10. The number of hydrogen-bond donors (Lipinski definition) is 0. The Kier molecular flexibility index (Phi) is 7.73. The number of nitrogens with zero attached hydrogens (tertiary/aromatic N) is 3. The molecule has 0 bridgehead atoms. The van der Waals surface area contributed by atoms with Crippen molar-refractivity contribution in [3.8, 4) is 0 Å². The Balaban J connectivity index is 1.19. The molecule has 0 aliphatic carbocycles. The summed E-state index contributed by atoms with van der Waals surface area (Å²) in [7, 11) is 0. The number of carbonyl (C=O) groups excluding carboxylic acids is 3. The maximum atomic E-state index is 12.7. The molecule has 0 radical (unpaired) electrons. The molecule has 2 aromatic carbocycles. The maximum absolute atomic E-state index is 12.7. The zero-order valence-corrected chi connectivity index (χ0v) is 18.9. The highest BCUT2D eigenvalue weighted by Crippen LogP contribution is 2.28. The van der Waals surface area contributed by atoms with Gasteiger partial charge in [-0.15, -0.1) is 0 Å². The average Bonchev–Trinajstić information content (AvgIpc) is 3.14. The Labute approximate surface area is 194 Å². The van der Waals surface area contributed by atoms with Gasteiger partial charge in [0, 0.05) is 51.3 Å². The molecule has 2 aliphatic rings. The molecule has 7 nitrogen and oxygen atoms in total. The van der Waals surface area contributed by atoms with E-state index in [9.17, 15) is 14.4 Å². The summed E-state index contributed by atoms with van der Waals surface area (Å²) in [5.41, 5.74) is 3.12. The summed E-state index contributed by atoms with van der Waals surface area (Å²) in [6.45, 7) is 3.76. The summed E-state index contributed by atoms with van der Waals surface area (Å²) in [4.78, 5) is 43.3. The minimum Gasteiger partial charge on any atom is -0.460 e. The Morgan fingerprint density at radius 3 is 2.39 bits per heavy atom. The Morgan fingerprint density at radius 1 is 0.788 bits per heavy atom. The number of rotatable bonds is 7. The van der Waals surface area contributed by atoms with Crippen LogP contribution in [0.4, 0.5) is 5.69 Å². The lowest BCUT2D eigenvalue weighted by Gasteiger charge is -2.22. The number of esters is 1. The molecule has 0 saturated carbocycles. The number of carbonyl (C=O) groups is 3. The fourth-order valence-corrected chi connectivity index (χ4v) is 4.45. The number of fused-ring (bicyclic) bond motifs is 1. The van der Waals surface area contributed by atoms with Crippen molar-refractivity contribution in [2.75, 3.05) is 44.2 Å². The third-order valence-corrected chi connectivity index (χ3v) is 6.28. The van der Waals surface area contributed by atoms with Crippen LogP contribution in [-0.2, 0) is 32.1 Å². The highest BCUT2D eigenvalue weighted by atomic mass is 16.5. The lowest BCUT2D eigenvalue weighted by molar-refractivity contribution is -0.146. The predicted molar refractivity (Wildman–Crippen MR) is 126 cm³/mol. The van der Waals surface area contributed by atoms with E-state index in [1.54, 1.807) is 4.90 Å². The van der Waals surface area contributed by atoms with Gasteiger partial charge in [-0.25, -0.2) is 0 Å². The molecular formula is C26H31N3O4. The van der Waals surface area contributed by atoms with Crippen molar-refractivity contribution >= 4 is 23.5 Å². The van der Waals surface area contributed by atoms with Crippen molar-refractivity contribution in [1.82, 2.24) is 9.80 Å². The van der Waals surface area contributed by atoms with Crippen molar-refractivity contribution in [2.24, 2.45) is 0 Å². The van der Waals surface area contributed by atoms with E-state index in [4.69, 9.17) is 4.74 Å². The largest absolute Gasteiger partial charge is 0.460 e. The van der Waals surface area contributed by atoms with Crippen molar-refractivity contribution < 1.29 is 19.1 Å². The fourth-order valence-electron chi connectivity index (χ4n) is 4.45. The minimum atomic E-state index is -0.255. The van der Waals surface area contributed by atoms with E-state index >= 15 is 0 Å². The summed E-state index contributed by atoms with van der Waals surface area (Å²) in [5, 5.41) is 0. The van der Waals surface area contributed by atoms with Gasteiger partial charge >= 0.3 is 5.97 Å². The molecule has 7 heteroatoms. The van der Waals surface area contributed by atoms with Gasteiger partial charge in [-0.05, 0) is 30.0 Å². The molecule has 2 aliphatic heterocycles. The molecule has 2 amide bonds. The van der Waals surface area contributed by atoms with Crippen LogP contribution >= 0.6 is 0 Å². The van der Waals surface area contributed by atoms with Crippen LogP contribution in [0.15, 0.2) is 54.6 Å². The Hall–Kier alpha value is -3.19. The van der Waals surface area contributed by atoms with Crippen LogP contribution in [0.2, 0.25) is 0 Å². The molecule has 0 N–H and O–H groups in total. The molecule has 1 fully saturated rings. The molecule has 0 unspecified atom stereocenters. The Bertz CT molecular complexity index is 979. The monoisotopic (exact) mass is 449 g/mol. The molecule has 0 spiro atoms. The molecule has 174 valence electrons. The average molecular weight is 450 g/mol. The summed E-state index contributed by atoms with van der Waals surface area (Å²) >= 11 is 0. The minimum absolute atomic E-state index is 0.00402. The number of benzene rings is 2. The van der Waals surface area contributed by atoms with Crippen LogP contribution in [0.5, 0.6) is 0 Å². The van der Waals surface area contributed by atoms with Crippen LogP contribution in [0.3, 0.4) is 0 Å². The van der Waals surface area contributed by atoms with Gasteiger partial charge < -0.3 is 14.5 Å². The molecule has 0 atom stereocenters. The second-order valence-corrected chi connectivity index (χ2v) is 8.58. The standard InChI is InChI=1S/C26H31N3O4/c30-24(11-12-25(31)29-16-13-22-9-4-5-10-23(22)29)28-15-6-14-27(17-18-28)19-26(32)33-20-21-7-2-1-3-8-21/h1-5,7-10H,6,11-20H2. The first kappa shape index (κ1) is 23.0. The van der Waals surface area contributed by atoms with Gasteiger partial charge in [-0.2, -0.15) is 0 Å². The highest BCUT2D eigenvalue weighted by molar-refractivity contribution is 5.97. The van der Waals surface area contributed by atoms with Crippen LogP contribution in [-0.4, -0.2) is 66.9 Å². The normalized spacial score (nSPS) is 16.2. The van der Waals surface area contributed by atoms with Crippen LogP contribution < -0.4 is 4.90 Å². The topological polar surface area (TPSA) is 70.2 Å². The third kappa shape index (κ3) is 6.20. The zero-order valence-electron chi connectivity index (χ0n) is 18.9. The fraction of sp³-hybridized carbons (Fsp3) is 0.423. The molecule has 4 rings (SSSR count). The van der Waals surface area contributed by atoms with E-state index in [1.165, 1.54) is 5.56 Å². The van der Waals surface area contributed by atoms with Crippen LogP contribution in [0, 0.1) is 0 Å². The first-order chi connectivity index (χ1) is 16.1. The van der Waals surface area contributed by atoms with Gasteiger partial charge in [0.15, 0.2) is 0 Å². The molecule has 1 saturated heterocycles. The number of anilines is 1. The molecule has 2 aromatic rings. The quantitative estimate of drug-likeness (QED) is 0.608. The number of hydrogen-bond acceptors (Lipinski definition) is 5. The van der Waals surface area contributed by atoms with E-state index < -0.39 is 0 Å². The van der Waals surface area contributed by atoms with Gasteiger partial charge in [0.2, 0.25) is 11.8 Å². The van der Waals surface area contributed by atoms with Crippen molar-refractivity contribution in [2.45, 2.75) is 32.3 Å². The summed E-state index contributed by atoms with van der Waals surface area (Å²) in [5.74, 6) is -0.245. The van der Waals surface area contributed by atoms with Gasteiger partial charge in [0.1, 0.15) is 6.61 Å². The smallest absolute Gasteiger partial charge is 0.320 e. The molecule has 2 heterocycles. The molecule has 33 heavy (non-hydrogen) atoms. The first-order valence-electron chi connectivity index (χ1n) is 11.7. The molecular weight excluding hydrogens is 418 g/mol. The highest BCUT2D eigenvalue weighted by Gasteiger charge is 2.26. The van der Waals surface area contributed by atoms with Gasteiger partial charge in [-0.3, -0.25) is 19.3 Å². The van der Waals surface area contributed by atoms with E-state index in [-0.39, 0.29) is 43.8 Å². The maximum Gasteiger partial charge on any atom is 0.320 e. The number of para-hydroxylation sites is 1. The number of ether oxygens (including phenoxy) is 1. The second kappa shape index (κ2) is 11.1. The first-order valence-corrected chi connectivity index (χ1v) is 11.7. The second-order valence-electron chi connectivity index (χ2n) is 8.58. The summed E-state index contributed by atoms with van der Waals surface area (Å²) in [6, 6.07) is 17.6. The van der Waals surface area contributed by atoms with Gasteiger partial charge in [0.05, 0.1) is 6.54 Å². The van der Waals surface area contributed by atoms with Crippen molar-refractivity contribution in [3.63, 3.8) is 0 Å². The predicted octanol–water partition coefficient (Wildman–Crippen LogP) is 2.63. The van der Waals surface area contributed by atoms with Gasteiger partial charge in [0.25, 0.3) is 0 Å². The number of amides is 2. The van der Waals surface area contributed by atoms with Crippen molar-refractivity contribution in [1.29, 1.82) is 0 Å². The van der Waals surface area contributed by atoms with Crippen LogP contribution in [0.25, 0.3) is 0 Å². The lowest BCUT2D eigenvalue weighted by atomic mass is 10.2. The van der Waals surface area contributed by atoms with Gasteiger partial charge in [-0.1, -0.05) is 48.5 Å². The SMILES string of the molecule is O=C(CN1CCCN(C(=O)CCC(=O)N2CCc3ccccc32)CC1)OCc1ccccc1. The third-order valence-electron chi connectivity index (χ3n) is 6.28. The zero-order chi connectivity index (χ0) is 23.0. The lowest BCUT2D eigenvalue weighted by Crippen LogP contribution is -2.37. The summed E-state index contributed by atoms with van der Waals surface area (Å²) < 4.78 is 5.38. The van der Waals surface area contributed by atoms with Crippen molar-refractivity contribution in [3.05, 3.63) is 65.7 Å². The molecule has 0 aromatic heterocycles. The van der Waals surface area contributed by atoms with E-state index in [2.05, 4.69) is 0 Å². The Morgan fingerprint density at radius 2 is 1.55 bits per heavy atom. The van der Waals surface area contributed by atoms with E-state index in [0.29, 0.717) is 26.2 Å². The van der Waals surface area contributed by atoms with Crippen LogP contribution in [0.1, 0.15) is 30.4 Å². The van der Waals surface area contributed by atoms with E-state index in [0.717, 1.165) is 30.6 Å².